The normalized spacial score (nSPS) is 11.3. The van der Waals surface area contributed by atoms with Gasteiger partial charge in [0.05, 0.1) is 29.0 Å². The first kappa shape index (κ1) is 27.6. The van der Waals surface area contributed by atoms with Crippen molar-refractivity contribution in [2.75, 3.05) is 17.5 Å². The van der Waals surface area contributed by atoms with Crippen LogP contribution in [0.1, 0.15) is 23.0 Å². The topological polar surface area (TPSA) is 118 Å². The Bertz CT molecular complexity index is 1570. The van der Waals surface area contributed by atoms with Gasteiger partial charge in [-0.3, -0.25) is 9.10 Å². The number of halogens is 1. The Kier molecular flexibility index (Phi) is 8.80. The van der Waals surface area contributed by atoms with Crippen molar-refractivity contribution in [3.63, 3.8) is 0 Å². The second-order valence-corrected chi connectivity index (χ2v) is 10.4. The third-order valence-electron chi connectivity index (χ3n) is 5.42. The van der Waals surface area contributed by atoms with Crippen molar-refractivity contribution >= 4 is 45.4 Å². The molecule has 0 fully saturated rings. The van der Waals surface area contributed by atoms with Crippen LogP contribution in [0.15, 0.2) is 105 Å². The van der Waals surface area contributed by atoms with E-state index >= 15 is 0 Å². The zero-order valence-corrected chi connectivity index (χ0v) is 22.4. The van der Waals surface area contributed by atoms with Crippen LogP contribution in [0, 0.1) is 0 Å². The summed E-state index contributed by atoms with van der Waals surface area (Å²) in [6.45, 7) is 1.52. The van der Waals surface area contributed by atoms with Gasteiger partial charge in [-0.05, 0) is 67.6 Å². The first-order valence-electron chi connectivity index (χ1n) is 11.8. The summed E-state index contributed by atoms with van der Waals surface area (Å²) in [5.41, 5.74) is 3.82. The maximum absolute atomic E-state index is 13.3. The van der Waals surface area contributed by atoms with Crippen LogP contribution in [0.25, 0.3) is 11.3 Å². The summed E-state index contributed by atoms with van der Waals surface area (Å²) in [5, 5.41) is 4.29. The van der Waals surface area contributed by atoms with Crippen molar-refractivity contribution < 1.29 is 27.2 Å². The summed E-state index contributed by atoms with van der Waals surface area (Å²) in [7, 11) is -4.07. The summed E-state index contributed by atoms with van der Waals surface area (Å²) in [6.07, 6.45) is 1.30. The van der Waals surface area contributed by atoms with Gasteiger partial charge in [0, 0.05) is 10.6 Å². The number of esters is 1. The van der Waals surface area contributed by atoms with Crippen LogP contribution in [-0.4, -0.2) is 39.7 Å². The van der Waals surface area contributed by atoms with E-state index in [1.807, 2.05) is 0 Å². The van der Waals surface area contributed by atoms with E-state index in [4.69, 9.17) is 20.8 Å². The Hall–Kier alpha value is -4.41. The highest BCUT2D eigenvalue weighted by Gasteiger charge is 2.27. The molecule has 0 aliphatic carbocycles. The minimum atomic E-state index is -4.07. The second-order valence-electron chi connectivity index (χ2n) is 8.09. The summed E-state index contributed by atoms with van der Waals surface area (Å²) < 4.78 is 38.4. The molecule has 9 nitrogen and oxygen atoms in total. The summed E-state index contributed by atoms with van der Waals surface area (Å²) >= 11 is 5.90. The van der Waals surface area contributed by atoms with E-state index in [1.165, 1.54) is 30.5 Å². The monoisotopic (exact) mass is 565 g/mol. The number of benzene rings is 3. The van der Waals surface area contributed by atoms with Crippen molar-refractivity contribution in [2.24, 2.45) is 5.10 Å². The van der Waals surface area contributed by atoms with Gasteiger partial charge in [0.2, 0.25) is 0 Å². The predicted molar refractivity (Wildman–Crippen MR) is 148 cm³/mol. The van der Waals surface area contributed by atoms with Crippen molar-refractivity contribution in [2.45, 2.75) is 11.8 Å². The van der Waals surface area contributed by atoms with Crippen LogP contribution in [0.3, 0.4) is 0 Å². The molecule has 1 heterocycles. The molecule has 0 atom stereocenters. The molecular formula is C28H24ClN3O6S. The molecule has 1 N–H and O–H groups in total. The fourth-order valence-electron chi connectivity index (χ4n) is 3.54. The molecule has 1 aromatic heterocycles. The molecule has 0 aliphatic heterocycles. The van der Waals surface area contributed by atoms with Crippen LogP contribution in [0.4, 0.5) is 5.69 Å². The summed E-state index contributed by atoms with van der Waals surface area (Å²) in [6, 6.07) is 24.1. The quantitative estimate of drug-likeness (QED) is 0.162. The zero-order chi connectivity index (χ0) is 27.8. The number of nitrogens with one attached hydrogen (secondary N) is 1. The maximum atomic E-state index is 13.3. The van der Waals surface area contributed by atoms with E-state index in [9.17, 15) is 18.0 Å². The number of rotatable bonds is 10. The minimum Gasteiger partial charge on any atom is -0.462 e. The van der Waals surface area contributed by atoms with E-state index in [0.29, 0.717) is 34.4 Å². The van der Waals surface area contributed by atoms with Crippen molar-refractivity contribution in [1.29, 1.82) is 0 Å². The van der Waals surface area contributed by atoms with Crippen molar-refractivity contribution in [3.8, 4) is 11.3 Å². The number of carbonyl (C=O) groups excluding carboxylic acids is 2. The third kappa shape index (κ3) is 6.92. The van der Waals surface area contributed by atoms with Gasteiger partial charge in [0.1, 0.15) is 18.1 Å². The summed E-state index contributed by atoms with van der Waals surface area (Å²) in [4.78, 5) is 24.5. The second kappa shape index (κ2) is 12.4. The van der Waals surface area contributed by atoms with E-state index in [0.717, 1.165) is 9.87 Å². The van der Waals surface area contributed by atoms with Gasteiger partial charge < -0.3 is 9.15 Å². The molecule has 3 aromatic carbocycles. The van der Waals surface area contributed by atoms with Crippen molar-refractivity contribution in [1.82, 2.24) is 5.43 Å². The molecule has 0 spiro atoms. The highest BCUT2D eigenvalue weighted by Crippen LogP contribution is 2.25. The minimum absolute atomic E-state index is 0.00884. The number of hydrazone groups is 1. The average Bonchev–Trinajstić information content (AvgIpc) is 3.41. The SMILES string of the molecule is CCOC(=O)c1ccc(-c2ccc(/C=N\NC(=O)CN(c3ccccc3)S(=O)(=O)c3ccc(Cl)cc3)o2)cc1. The molecule has 200 valence electrons. The Morgan fingerprint density at radius 2 is 1.67 bits per heavy atom. The van der Waals surface area contributed by atoms with Crippen molar-refractivity contribution in [3.05, 3.63) is 107 Å². The van der Waals surface area contributed by atoms with Gasteiger partial charge in [-0.2, -0.15) is 5.10 Å². The highest BCUT2D eigenvalue weighted by atomic mass is 35.5. The van der Waals surface area contributed by atoms with Gasteiger partial charge in [0.15, 0.2) is 0 Å². The molecule has 1 amide bonds. The van der Waals surface area contributed by atoms with E-state index in [2.05, 4.69) is 10.5 Å². The molecule has 0 radical (unpaired) electrons. The van der Waals surface area contributed by atoms with Crippen LogP contribution in [0.5, 0.6) is 0 Å². The number of anilines is 1. The molecule has 0 aliphatic rings. The third-order valence-corrected chi connectivity index (χ3v) is 7.46. The predicted octanol–water partition coefficient (Wildman–Crippen LogP) is 5.12. The Labute approximate surface area is 230 Å². The van der Waals surface area contributed by atoms with Gasteiger partial charge in [-0.25, -0.2) is 18.6 Å². The average molecular weight is 566 g/mol. The standard InChI is InChI=1S/C28H24ClN3O6S/c1-2-37-28(34)21-10-8-20(9-11-21)26-17-14-24(38-26)18-30-31-27(33)19-32(23-6-4-3-5-7-23)39(35,36)25-15-12-22(29)13-16-25/h3-18H,2,19H2,1H3,(H,31,33)/b30-18-. The smallest absolute Gasteiger partial charge is 0.338 e. The molecule has 0 saturated heterocycles. The number of carbonyl (C=O) groups is 2. The number of hydrogen-bond donors (Lipinski definition) is 1. The molecule has 0 saturated carbocycles. The van der Waals surface area contributed by atoms with E-state index in [-0.39, 0.29) is 4.90 Å². The Balaban J connectivity index is 1.43. The van der Waals surface area contributed by atoms with Crippen LogP contribution in [-0.2, 0) is 19.6 Å². The lowest BCUT2D eigenvalue weighted by molar-refractivity contribution is -0.119. The lowest BCUT2D eigenvalue weighted by atomic mass is 10.1. The fraction of sp³-hybridized carbons (Fsp3) is 0.107. The number of amides is 1. The largest absolute Gasteiger partial charge is 0.462 e. The lowest BCUT2D eigenvalue weighted by Crippen LogP contribution is -2.39. The van der Waals surface area contributed by atoms with Gasteiger partial charge in [0.25, 0.3) is 15.9 Å². The Morgan fingerprint density at radius 3 is 2.33 bits per heavy atom. The first-order chi connectivity index (χ1) is 18.8. The molecule has 11 heteroatoms. The molecule has 0 bridgehead atoms. The van der Waals surface area contributed by atoms with Crippen LogP contribution >= 0.6 is 11.6 Å². The van der Waals surface area contributed by atoms with E-state index in [1.54, 1.807) is 73.7 Å². The number of ether oxygens (including phenoxy) is 1. The van der Waals surface area contributed by atoms with Crippen LogP contribution < -0.4 is 9.73 Å². The number of sulfonamides is 1. The molecular weight excluding hydrogens is 542 g/mol. The number of nitrogens with zero attached hydrogens (tertiary/aromatic N) is 2. The zero-order valence-electron chi connectivity index (χ0n) is 20.8. The summed E-state index contributed by atoms with van der Waals surface area (Å²) in [5.74, 6) is -0.177. The first-order valence-corrected chi connectivity index (χ1v) is 13.6. The molecule has 4 rings (SSSR count). The van der Waals surface area contributed by atoms with Gasteiger partial charge in [-0.15, -0.1) is 0 Å². The number of hydrogen-bond acceptors (Lipinski definition) is 7. The van der Waals surface area contributed by atoms with Gasteiger partial charge >= 0.3 is 5.97 Å². The lowest BCUT2D eigenvalue weighted by Gasteiger charge is -2.23. The Morgan fingerprint density at radius 1 is 0.974 bits per heavy atom. The van der Waals surface area contributed by atoms with Gasteiger partial charge in [-0.1, -0.05) is 41.9 Å². The fourth-order valence-corrected chi connectivity index (χ4v) is 5.09. The molecule has 0 unspecified atom stereocenters. The van der Waals surface area contributed by atoms with E-state index < -0.39 is 28.4 Å². The number of para-hydroxylation sites is 1. The highest BCUT2D eigenvalue weighted by molar-refractivity contribution is 7.92. The maximum Gasteiger partial charge on any atom is 0.338 e. The van der Waals surface area contributed by atoms with Crippen LogP contribution in [0.2, 0.25) is 5.02 Å². The molecule has 4 aromatic rings. The number of furan rings is 1. The molecule has 39 heavy (non-hydrogen) atoms.